The number of hydrogen-bond donors (Lipinski definition) is 0. The van der Waals surface area contributed by atoms with Crippen LogP contribution in [0.1, 0.15) is 23.1 Å². The van der Waals surface area contributed by atoms with Crippen molar-refractivity contribution in [2.45, 2.75) is 12.8 Å². The summed E-state index contributed by atoms with van der Waals surface area (Å²) >= 11 is 0. The van der Waals surface area contributed by atoms with Crippen molar-refractivity contribution >= 4 is 17.3 Å². The molecule has 1 aliphatic heterocycles. The smallest absolute Gasteiger partial charge is 0.278 e. The van der Waals surface area contributed by atoms with E-state index in [0.29, 0.717) is 5.70 Å². The van der Waals surface area contributed by atoms with Crippen LogP contribution in [-0.2, 0) is 11.2 Å². The summed E-state index contributed by atoms with van der Waals surface area (Å²) in [6, 6.07) is 18.2. The molecule has 0 spiro atoms. The van der Waals surface area contributed by atoms with E-state index in [9.17, 15) is 4.79 Å². The van der Waals surface area contributed by atoms with E-state index in [-0.39, 0.29) is 5.91 Å². The van der Waals surface area contributed by atoms with Crippen molar-refractivity contribution in [2.75, 3.05) is 7.05 Å². The van der Waals surface area contributed by atoms with Gasteiger partial charge in [-0.3, -0.25) is 9.69 Å². The monoisotopic (exact) mass is 288 g/mol. The maximum Gasteiger partial charge on any atom is 0.278 e. The minimum Gasteiger partial charge on any atom is -0.294 e. The number of nitrogens with zero attached hydrogens (tertiary/aromatic N) is 2. The Kier molecular flexibility index (Phi) is 2.93. The Morgan fingerprint density at radius 2 is 1.68 bits per heavy atom. The third kappa shape index (κ3) is 1.90. The Balaban J connectivity index is 1.86. The Hall–Kier alpha value is -2.68. The quantitative estimate of drug-likeness (QED) is 0.741. The molecule has 1 heterocycles. The average molecular weight is 288 g/mol. The van der Waals surface area contributed by atoms with E-state index in [4.69, 9.17) is 0 Å². The molecule has 1 aliphatic carbocycles. The number of carbonyl (C=O) groups is 1. The molecule has 4 rings (SSSR count). The minimum absolute atomic E-state index is 0.00874. The molecule has 0 radical (unpaired) electrons. The molecule has 3 nitrogen and oxygen atoms in total. The number of likely N-dealkylation sites (N-methyl/N-ethyl adjacent to an activating group) is 1. The number of aryl methyl sites for hydroxylation is 1. The lowest BCUT2D eigenvalue weighted by Gasteiger charge is -2.11. The van der Waals surface area contributed by atoms with Crippen molar-refractivity contribution in [3.63, 3.8) is 0 Å². The van der Waals surface area contributed by atoms with Gasteiger partial charge in [0.15, 0.2) is 0 Å². The second-order valence-electron chi connectivity index (χ2n) is 5.65. The number of amides is 1. The molecule has 2 aliphatic rings. The van der Waals surface area contributed by atoms with Gasteiger partial charge in [0.2, 0.25) is 0 Å². The predicted molar refractivity (Wildman–Crippen MR) is 87.4 cm³/mol. The van der Waals surface area contributed by atoms with E-state index < -0.39 is 0 Å². The van der Waals surface area contributed by atoms with E-state index in [1.54, 1.807) is 11.9 Å². The molecule has 0 bridgehead atoms. The van der Waals surface area contributed by atoms with Crippen LogP contribution >= 0.6 is 0 Å². The maximum atomic E-state index is 12.6. The van der Waals surface area contributed by atoms with Gasteiger partial charge in [0.25, 0.3) is 5.91 Å². The molecule has 0 unspecified atom stereocenters. The number of rotatable bonds is 1. The normalized spacial score (nSPS) is 20.3. The highest BCUT2D eigenvalue weighted by Crippen LogP contribution is 2.37. The zero-order valence-corrected chi connectivity index (χ0v) is 12.4. The van der Waals surface area contributed by atoms with Gasteiger partial charge in [0, 0.05) is 12.6 Å². The lowest BCUT2D eigenvalue weighted by molar-refractivity contribution is -0.121. The minimum atomic E-state index is -0.00874. The fourth-order valence-electron chi connectivity index (χ4n) is 3.20. The van der Waals surface area contributed by atoms with Gasteiger partial charge >= 0.3 is 0 Å². The predicted octanol–water partition coefficient (Wildman–Crippen LogP) is 3.26. The second-order valence-corrected chi connectivity index (χ2v) is 5.65. The van der Waals surface area contributed by atoms with E-state index in [0.717, 1.165) is 29.8 Å². The second kappa shape index (κ2) is 4.95. The van der Waals surface area contributed by atoms with Crippen molar-refractivity contribution in [1.29, 1.82) is 0 Å². The summed E-state index contributed by atoms with van der Waals surface area (Å²) < 4.78 is 0. The largest absolute Gasteiger partial charge is 0.294 e. The lowest BCUT2D eigenvalue weighted by Crippen LogP contribution is -2.28. The summed E-state index contributed by atoms with van der Waals surface area (Å²) in [6.07, 6.45) is 1.88. The van der Waals surface area contributed by atoms with Crippen molar-refractivity contribution in [1.82, 2.24) is 4.90 Å². The Bertz CT molecular complexity index is 818. The number of aliphatic imine (C=N–C) groups is 1. The van der Waals surface area contributed by atoms with Crippen LogP contribution in [0, 0.1) is 0 Å². The van der Waals surface area contributed by atoms with Gasteiger partial charge in [-0.05, 0) is 29.5 Å². The summed E-state index contributed by atoms with van der Waals surface area (Å²) in [5.74, 6) is 0.725. The van der Waals surface area contributed by atoms with Crippen molar-refractivity contribution in [3.05, 3.63) is 77.0 Å². The molecule has 0 saturated carbocycles. The Morgan fingerprint density at radius 1 is 0.955 bits per heavy atom. The van der Waals surface area contributed by atoms with Gasteiger partial charge in [0.05, 0.1) is 0 Å². The summed E-state index contributed by atoms with van der Waals surface area (Å²) in [4.78, 5) is 19.0. The van der Waals surface area contributed by atoms with Crippen LogP contribution in [-0.4, -0.2) is 23.7 Å². The Morgan fingerprint density at radius 3 is 2.50 bits per heavy atom. The van der Waals surface area contributed by atoms with E-state index in [1.807, 2.05) is 42.5 Å². The number of benzene rings is 2. The molecule has 108 valence electrons. The lowest BCUT2D eigenvalue weighted by atomic mass is 10.1. The molecule has 0 saturated heterocycles. The van der Waals surface area contributed by atoms with Gasteiger partial charge in [-0.1, -0.05) is 54.6 Å². The molecule has 2 aromatic carbocycles. The molecule has 1 amide bonds. The SMILES string of the molecule is CN1C(=O)/C(=C2\CCc3ccccc32)N=C1c1ccccc1. The van der Waals surface area contributed by atoms with Crippen LogP contribution in [0.15, 0.2) is 65.3 Å². The van der Waals surface area contributed by atoms with Crippen LogP contribution in [0.5, 0.6) is 0 Å². The molecule has 2 aromatic rings. The van der Waals surface area contributed by atoms with Gasteiger partial charge < -0.3 is 0 Å². The number of allylic oxidation sites excluding steroid dienone is 1. The highest BCUT2D eigenvalue weighted by atomic mass is 16.2. The maximum absolute atomic E-state index is 12.6. The average Bonchev–Trinajstić information content (AvgIpc) is 3.11. The fraction of sp³-hybridized carbons (Fsp3) is 0.158. The molecule has 3 heteroatoms. The molecule has 0 aromatic heterocycles. The standard InChI is InChI=1S/C19H16N2O/c1-21-18(14-8-3-2-4-9-14)20-17(19(21)22)16-12-11-13-7-5-6-10-15(13)16/h2-10H,11-12H2,1H3/b17-16-. The first-order chi connectivity index (χ1) is 10.8. The molecule has 22 heavy (non-hydrogen) atoms. The van der Waals surface area contributed by atoms with Crippen molar-refractivity contribution in [3.8, 4) is 0 Å². The van der Waals surface area contributed by atoms with E-state index >= 15 is 0 Å². The van der Waals surface area contributed by atoms with Gasteiger partial charge in [-0.15, -0.1) is 0 Å². The summed E-state index contributed by atoms with van der Waals surface area (Å²) in [7, 11) is 1.79. The summed E-state index contributed by atoms with van der Waals surface area (Å²) in [5.41, 5.74) is 5.14. The number of carbonyl (C=O) groups excluding carboxylic acids is 1. The summed E-state index contributed by atoms with van der Waals surface area (Å²) in [6.45, 7) is 0. The fourth-order valence-corrected chi connectivity index (χ4v) is 3.20. The number of fused-ring (bicyclic) bond motifs is 1. The van der Waals surface area contributed by atoms with Gasteiger partial charge in [-0.25, -0.2) is 4.99 Å². The molecule has 0 N–H and O–H groups in total. The zero-order chi connectivity index (χ0) is 15.1. The third-order valence-electron chi connectivity index (χ3n) is 4.35. The molecule has 0 atom stereocenters. The Labute approximate surface area is 129 Å². The topological polar surface area (TPSA) is 32.7 Å². The van der Waals surface area contributed by atoms with Crippen LogP contribution in [0.25, 0.3) is 5.57 Å². The molecular formula is C19H16N2O. The highest BCUT2D eigenvalue weighted by Gasteiger charge is 2.32. The van der Waals surface area contributed by atoms with Gasteiger partial charge in [0.1, 0.15) is 11.5 Å². The van der Waals surface area contributed by atoms with Crippen LogP contribution in [0.2, 0.25) is 0 Å². The molecular weight excluding hydrogens is 272 g/mol. The number of hydrogen-bond acceptors (Lipinski definition) is 2. The first-order valence-corrected chi connectivity index (χ1v) is 7.49. The third-order valence-corrected chi connectivity index (χ3v) is 4.35. The highest BCUT2D eigenvalue weighted by molar-refractivity contribution is 6.20. The number of amidine groups is 1. The van der Waals surface area contributed by atoms with E-state index in [1.165, 1.54) is 11.1 Å². The first-order valence-electron chi connectivity index (χ1n) is 7.49. The summed E-state index contributed by atoms with van der Waals surface area (Å²) in [5, 5.41) is 0. The van der Waals surface area contributed by atoms with Crippen LogP contribution in [0.4, 0.5) is 0 Å². The van der Waals surface area contributed by atoms with Crippen molar-refractivity contribution in [2.24, 2.45) is 4.99 Å². The van der Waals surface area contributed by atoms with Gasteiger partial charge in [-0.2, -0.15) is 0 Å². The van der Waals surface area contributed by atoms with Crippen molar-refractivity contribution < 1.29 is 4.79 Å². The first kappa shape index (κ1) is 13.0. The van der Waals surface area contributed by atoms with Crippen LogP contribution < -0.4 is 0 Å². The van der Waals surface area contributed by atoms with Crippen LogP contribution in [0.3, 0.4) is 0 Å². The zero-order valence-electron chi connectivity index (χ0n) is 12.4. The molecule has 0 fully saturated rings. The van der Waals surface area contributed by atoms with E-state index in [2.05, 4.69) is 17.1 Å².